The molecule has 1 heterocycles. The Hall–Kier alpha value is -0.585. The van der Waals surface area contributed by atoms with E-state index < -0.39 is 11.5 Å². The smallest absolute Gasteiger partial charge is 0.324 e. The number of piperidine rings is 1. The molecule has 5 N–H and O–H groups in total. The Kier molecular flexibility index (Phi) is 4.30. The maximum atomic E-state index is 11.6. The van der Waals surface area contributed by atoms with E-state index >= 15 is 0 Å². The molecule has 2 fully saturated rings. The number of carboxylic acid groups (broad SMARTS) is 1. The minimum absolute atomic E-state index is 0.00977. The fraction of sp³-hybridized carbons (Fsp3) is 0.917. The molecule has 1 saturated carbocycles. The maximum absolute atomic E-state index is 11.6. The van der Waals surface area contributed by atoms with Crippen LogP contribution in [0.2, 0.25) is 6.32 Å². The second-order valence-corrected chi connectivity index (χ2v) is 5.59. The number of rotatable bonds is 5. The molecule has 1 aliphatic carbocycles. The summed E-state index contributed by atoms with van der Waals surface area (Å²) in [6, 6.07) is 0.253. The Morgan fingerprint density at radius 3 is 3.00 bits per heavy atom. The van der Waals surface area contributed by atoms with Crippen molar-refractivity contribution in [2.75, 3.05) is 6.54 Å². The average Bonchev–Trinajstić information content (AvgIpc) is 2.65. The van der Waals surface area contributed by atoms with E-state index in [1.807, 2.05) is 0 Å². The number of hydrogen-bond acceptors (Lipinski definition) is 4. The van der Waals surface area contributed by atoms with Crippen molar-refractivity contribution >= 4 is 13.5 Å². The molecule has 1 aliphatic heterocycles. The molecule has 4 unspecified atom stereocenters. The Morgan fingerprint density at radius 2 is 2.33 bits per heavy atom. The van der Waals surface area contributed by atoms with Crippen LogP contribution in [-0.2, 0) is 4.79 Å². The molecule has 0 spiro atoms. The van der Waals surface area contributed by atoms with Crippen LogP contribution in [0.3, 0.4) is 0 Å². The Labute approximate surface area is 108 Å². The minimum Gasteiger partial charge on any atom is -0.480 e. The highest BCUT2D eigenvalue weighted by molar-refractivity contribution is 6.25. The summed E-state index contributed by atoms with van der Waals surface area (Å²) in [6.07, 6.45) is 4.93. The first-order valence-corrected chi connectivity index (χ1v) is 6.82. The summed E-state index contributed by atoms with van der Waals surface area (Å²) in [6.45, 7) is 0.966. The molecule has 5 nitrogen and oxygen atoms in total. The Bertz CT molecular complexity index is 316. The van der Waals surface area contributed by atoms with Gasteiger partial charge < -0.3 is 21.2 Å². The van der Waals surface area contributed by atoms with E-state index in [4.69, 9.17) is 10.8 Å². The first-order chi connectivity index (χ1) is 8.60. The van der Waals surface area contributed by atoms with Gasteiger partial charge in [0, 0.05) is 12.0 Å². The second-order valence-electron chi connectivity index (χ2n) is 5.59. The van der Waals surface area contributed by atoms with Gasteiger partial charge in [0.15, 0.2) is 0 Å². The average molecular weight is 253 g/mol. The summed E-state index contributed by atoms with van der Waals surface area (Å²) in [5.41, 5.74) is 5.18. The maximum Gasteiger partial charge on any atom is 0.324 e. The van der Waals surface area contributed by atoms with E-state index in [2.05, 4.69) is 5.32 Å². The summed E-state index contributed by atoms with van der Waals surface area (Å²) >= 11 is 0. The first-order valence-electron chi connectivity index (χ1n) is 6.82. The zero-order valence-electron chi connectivity index (χ0n) is 10.6. The van der Waals surface area contributed by atoms with E-state index in [1.165, 1.54) is 0 Å². The summed E-state index contributed by atoms with van der Waals surface area (Å²) in [7, 11) is 1.14. The van der Waals surface area contributed by atoms with Crippen LogP contribution in [0.5, 0.6) is 0 Å². The van der Waals surface area contributed by atoms with Crippen molar-refractivity contribution in [3.8, 4) is 0 Å². The molecule has 0 aromatic rings. The molecular weight excluding hydrogens is 231 g/mol. The molecule has 18 heavy (non-hydrogen) atoms. The molecule has 101 valence electrons. The number of fused-ring (bicyclic) bond motifs is 1. The number of carboxylic acids is 1. The first kappa shape index (κ1) is 13.8. The van der Waals surface area contributed by atoms with Crippen LogP contribution in [-0.4, -0.2) is 41.7 Å². The third-order valence-corrected chi connectivity index (χ3v) is 4.67. The number of aliphatic carboxylic acids is 1. The third kappa shape index (κ3) is 2.29. The standard InChI is InChI=1S/C12H22BN2O3/c14-12(11(16)17)8(3-1-5-13-18)7-10-9(12)4-2-6-15-10/h8-10,15,18H,1-7,14H2,(H,16,17). The highest BCUT2D eigenvalue weighted by atomic mass is 16.4. The summed E-state index contributed by atoms with van der Waals surface area (Å²) in [4.78, 5) is 11.6. The fourth-order valence-electron chi connectivity index (χ4n) is 3.72. The van der Waals surface area contributed by atoms with E-state index in [-0.39, 0.29) is 17.9 Å². The van der Waals surface area contributed by atoms with Gasteiger partial charge in [-0.25, -0.2) is 0 Å². The van der Waals surface area contributed by atoms with E-state index in [0.29, 0.717) is 6.32 Å². The van der Waals surface area contributed by atoms with Crippen LogP contribution >= 0.6 is 0 Å². The van der Waals surface area contributed by atoms with Crippen molar-refractivity contribution in [2.24, 2.45) is 17.6 Å². The number of carbonyl (C=O) groups is 1. The lowest BCUT2D eigenvalue weighted by molar-refractivity contribution is -0.147. The lowest BCUT2D eigenvalue weighted by Crippen LogP contribution is -2.59. The van der Waals surface area contributed by atoms with Crippen molar-refractivity contribution in [2.45, 2.75) is 50.0 Å². The number of nitrogens with one attached hydrogen (secondary N) is 1. The van der Waals surface area contributed by atoms with Gasteiger partial charge >= 0.3 is 5.97 Å². The van der Waals surface area contributed by atoms with Crippen molar-refractivity contribution in [3.05, 3.63) is 0 Å². The van der Waals surface area contributed by atoms with Crippen molar-refractivity contribution in [1.82, 2.24) is 5.32 Å². The highest BCUT2D eigenvalue weighted by Gasteiger charge is 2.57. The molecule has 2 rings (SSSR count). The van der Waals surface area contributed by atoms with Crippen molar-refractivity contribution in [1.29, 1.82) is 0 Å². The van der Waals surface area contributed by atoms with Gasteiger partial charge in [0.1, 0.15) is 5.54 Å². The molecule has 0 amide bonds. The van der Waals surface area contributed by atoms with Gasteiger partial charge in [-0.1, -0.05) is 12.7 Å². The van der Waals surface area contributed by atoms with E-state index in [9.17, 15) is 9.90 Å². The highest BCUT2D eigenvalue weighted by Crippen LogP contribution is 2.45. The van der Waals surface area contributed by atoms with Gasteiger partial charge in [-0.2, -0.15) is 0 Å². The van der Waals surface area contributed by atoms with Gasteiger partial charge in [-0.3, -0.25) is 4.79 Å². The SMILES string of the molecule is NC1(C(=O)O)C(CCC[B]O)CC2NCCCC21. The van der Waals surface area contributed by atoms with Gasteiger partial charge in [0.05, 0.1) is 0 Å². The fourth-order valence-corrected chi connectivity index (χ4v) is 3.72. The van der Waals surface area contributed by atoms with Gasteiger partial charge in [0.2, 0.25) is 0 Å². The van der Waals surface area contributed by atoms with Crippen LogP contribution < -0.4 is 11.1 Å². The Morgan fingerprint density at radius 1 is 1.56 bits per heavy atom. The van der Waals surface area contributed by atoms with Gasteiger partial charge in [0.25, 0.3) is 7.48 Å². The summed E-state index contributed by atoms with van der Waals surface area (Å²) in [5, 5.41) is 21.6. The molecule has 4 atom stereocenters. The van der Waals surface area contributed by atoms with Crippen molar-refractivity contribution < 1.29 is 14.9 Å². The van der Waals surface area contributed by atoms with E-state index in [1.54, 1.807) is 0 Å². The predicted octanol–water partition coefficient (Wildman–Crippen LogP) is -0.0334. The van der Waals surface area contributed by atoms with Gasteiger partial charge in [-0.05, 0) is 38.1 Å². The molecule has 6 heteroatoms. The van der Waals surface area contributed by atoms with E-state index in [0.717, 1.165) is 46.1 Å². The predicted molar refractivity (Wildman–Crippen MR) is 69.2 cm³/mol. The largest absolute Gasteiger partial charge is 0.480 e. The number of nitrogens with two attached hydrogens (primary N) is 1. The molecule has 1 radical (unpaired) electrons. The normalized spacial score (nSPS) is 39.3. The second kappa shape index (κ2) is 5.59. The quantitative estimate of drug-likeness (QED) is 0.407. The van der Waals surface area contributed by atoms with Crippen LogP contribution in [0.1, 0.15) is 32.1 Å². The summed E-state index contributed by atoms with van der Waals surface area (Å²) in [5.74, 6) is -0.806. The minimum atomic E-state index is -1.09. The zero-order valence-corrected chi connectivity index (χ0v) is 10.6. The molecule has 2 aliphatic rings. The Balaban J connectivity index is 2.10. The summed E-state index contributed by atoms with van der Waals surface area (Å²) < 4.78 is 0. The molecule has 0 aromatic carbocycles. The van der Waals surface area contributed by atoms with Crippen LogP contribution in [0.25, 0.3) is 0 Å². The molecular formula is C12H22BN2O3. The zero-order chi connectivity index (χ0) is 13.2. The van der Waals surface area contributed by atoms with Crippen LogP contribution in [0.15, 0.2) is 0 Å². The molecule has 1 saturated heterocycles. The van der Waals surface area contributed by atoms with Crippen LogP contribution in [0, 0.1) is 11.8 Å². The number of hydrogen-bond donors (Lipinski definition) is 4. The van der Waals surface area contributed by atoms with Gasteiger partial charge in [-0.15, -0.1) is 0 Å². The lowest BCUT2D eigenvalue weighted by atomic mass is 9.75. The van der Waals surface area contributed by atoms with Crippen LogP contribution in [0.4, 0.5) is 0 Å². The topological polar surface area (TPSA) is 95.6 Å². The monoisotopic (exact) mass is 253 g/mol. The molecule has 0 bridgehead atoms. The third-order valence-electron chi connectivity index (χ3n) is 4.67. The molecule has 0 aromatic heterocycles. The van der Waals surface area contributed by atoms with Crippen molar-refractivity contribution in [3.63, 3.8) is 0 Å². The lowest BCUT2D eigenvalue weighted by Gasteiger charge is -2.36.